The van der Waals surface area contributed by atoms with E-state index in [1.165, 1.54) is 30.5 Å². The molecule has 0 unspecified atom stereocenters. The second kappa shape index (κ2) is 8.58. The van der Waals surface area contributed by atoms with Crippen molar-refractivity contribution in [1.29, 1.82) is 0 Å². The second-order valence-corrected chi connectivity index (χ2v) is 10.2. The number of nitrogens with zero attached hydrogens (tertiary/aromatic N) is 3. The van der Waals surface area contributed by atoms with Crippen LogP contribution in [-0.4, -0.2) is 26.6 Å². The van der Waals surface area contributed by atoms with Gasteiger partial charge in [-0.25, -0.2) is 14.1 Å². The van der Waals surface area contributed by atoms with Gasteiger partial charge in [0.15, 0.2) is 5.65 Å². The highest BCUT2D eigenvalue weighted by Crippen LogP contribution is 2.41. The third-order valence-corrected chi connectivity index (χ3v) is 6.28. The van der Waals surface area contributed by atoms with Crippen LogP contribution in [0.4, 0.5) is 15.8 Å². The Bertz CT molecular complexity index is 1510. The summed E-state index contributed by atoms with van der Waals surface area (Å²) in [5.74, 6) is -0.707. The fourth-order valence-corrected chi connectivity index (χ4v) is 4.25. The molecule has 0 bridgehead atoms. The summed E-state index contributed by atoms with van der Waals surface area (Å²) in [6.07, 6.45) is 3.48. The molecule has 2 amide bonds. The van der Waals surface area contributed by atoms with Crippen molar-refractivity contribution in [2.45, 2.75) is 58.9 Å². The van der Waals surface area contributed by atoms with Crippen molar-refractivity contribution >= 4 is 34.2 Å². The fraction of sp³-hybridized carbons (Fsp3) is 0.333. The molecule has 0 radical (unpaired) electrons. The lowest BCUT2D eigenvalue weighted by Crippen LogP contribution is -2.23. The van der Waals surface area contributed by atoms with Gasteiger partial charge in [0, 0.05) is 17.3 Å². The molecule has 4 aromatic rings. The SMILES string of the molecule is Cc1occc1C(=O)Nc1cc(NC(=O)c2cc(C3CC3)nc3c2c(C)nn3C(C)(C)C)ccc1F. The number of hydrogen-bond donors (Lipinski definition) is 2. The number of carbonyl (C=O) groups excluding carboxylic acids is 2. The van der Waals surface area contributed by atoms with E-state index in [0.29, 0.717) is 45.2 Å². The van der Waals surface area contributed by atoms with Gasteiger partial charge in [0.25, 0.3) is 11.8 Å². The molecule has 0 aliphatic heterocycles. The Kier molecular flexibility index (Phi) is 5.65. The average molecular weight is 490 g/mol. The minimum atomic E-state index is -0.618. The standard InChI is InChI=1S/C27H28FN5O3/c1-14-23-19(13-21(16-6-7-16)30-24(23)33(32-14)27(3,4)5)26(35)29-17-8-9-20(28)22(12-17)31-25(34)18-10-11-36-15(18)2/h8-13,16H,6-7H2,1-5H3,(H,29,35)(H,31,34). The highest BCUT2D eigenvalue weighted by molar-refractivity contribution is 6.13. The van der Waals surface area contributed by atoms with E-state index in [-0.39, 0.29) is 17.1 Å². The second-order valence-electron chi connectivity index (χ2n) is 10.2. The van der Waals surface area contributed by atoms with Crippen molar-refractivity contribution < 1.29 is 18.4 Å². The van der Waals surface area contributed by atoms with Crippen molar-refractivity contribution in [2.75, 3.05) is 10.6 Å². The van der Waals surface area contributed by atoms with Crippen molar-refractivity contribution in [2.24, 2.45) is 0 Å². The molecule has 1 aliphatic rings. The van der Waals surface area contributed by atoms with Crippen LogP contribution in [0.25, 0.3) is 11.0 Å². The highest BCUT2D eigenvalue weighted by Gasteiger charge is 2.30. The Morgan fingerprint density at radius 1 is 1.06 bits per heavy atom. The van der Waals surface area contributed by atoms with Crippen LogP contribution >= 0.6 is 0 Å². The number of amides is 2. The minimum Gasteiger partial charge on any atom is -0.469 e. The molecule has 3 aromatic heterocycles. The van der Waals surface area contributed by atoms with Gasteiger partial charge in [-0.15, -0.1) is 0 Å². The first-order valence-electron chi connectivity index (χ1n) is 11.9. The molecule has 2 N–H and O–H groups in total. The molecule has 8 nitrogen and oxygen atoms in total. The van der Waals surface area contributed by atoms with Gasteiger partial charge in [-0.2, -0.15) is 5.10 Å². The molecule has 9 heteroatoms. The molecular weight excluding hydrogens is 461 g/mol. The maximum Gasteiger partial charge on any atom is 0.259 e. The van der Waals surface area contributed by atoms with E-state index in [9.17, 15) is 14.0 Å². The van der Waals surface area contributed by atoms with Gasteiger partial charge in [0.05, 0.1) is 39.7 Å². The van der Waals surface area contributed by atoms with Gasteiger partial charge >= 0.3 is 0 Å². The van der Waals surface area contributed by atoms with Crippen LogP contribution in [0.1, 0.15) is 77.4 Å². The van der Waals surface area contributed by atoms with E-state index in [2.05, 4.69) is 10.6 Å². The van der Waals surface area contributed by atoms with Gasteiger partial charge in [-0.3, -0.25) is 9.59 Å². The molecule has 186 valence electrons. The zero-order chi connectivity index (χ0) is 25.8. The Labute approximate surface area is 207 Å². The van der Waals surface area contributed by atoms with Gasteiger partial charge in [0.2, 0.25) is 0 Å². The van der Waals surface area contributed by atoms with Gasteiger partial charge in [0.1, 0.15) is 11.6 Å². The minimum absolute atomic E-state index is 0.0475. The van der Waals surface area contributed by atoms with E-state index in [1.54, 1.807) is 6.92 Å². The fourth-order valence-electron chi connectivity index (χ4n) is 4.25. The summed E-state index contributed by atoms with van der Waals surface area (Å²) in [5.41, 5.74) is 3.03. The van der Waals surface area contributed by atoms with Gasteiger partial charge in [-0.05, 0) is 77.8 Å². The first kappa shape index (κ1) is 23.7. The quantitative estimate of drug-likeness (QED) is 0.362. The molecule has 1 aromatic carbocycles. The normalized spacial score (nSPS) is 13.7. The largest absolute Gasteiger partial charge is 0.469 e. The number of furan rings is 1. The average Bonchev–Trinajstić information content (AvgIpc) is 3.49. The van der Waals surface area contributed by atoms with Crippen molar-refractivity contribution in [3.05, 3.63) is 70.7 Å². The van der Waals surface area contributed by atoms with Crippen molar-refractivity contribution in [3.8, 4) is 0 Å². The number of anilines is 2. The van der Waals surface area contributed by atoms with E-state index < -0.39 is 11.7 Å². The van der Waals surface area contributed by atoms with Gasteiger partial charge < -0.3 is 15.1 Å². The number of aromatic nitrogens is 3. The molecule has 1 aliphatic carbocycles. The number of carbonyl (C=O) groups is 2. The first-order valence-corrected chi connectivity index (χ1v) is 11.9. The van der Waals surface area contributed by atoms with Gasteiger partial charge in [-0.1, -0.05) is 0 Å². The van der Waals surface area contributed by atoms with Crippen LogP contribution in [0.5, 0.6) is 0 Å². The predicted molar refractivity (Wildman–Crippen MR) is 135 cm³/mol. The molecule has 0 spiro atoms. The summed E-state index contributed by atoms with van der Waals surface area (Å²) in [7, 11) is 0. The van der Waals surface area contributed by atoms with E-state index in [4.69, 9.17) is 14.5 Å². The van der Waals surface area contributed by atoms with Crippen LogP contribution in [-0.2, 0) is 5.54 Å². The Morgan fingerprint density at radius 3 is 2.42 bits per heavy atom. The smallest absolute Gasteiger partial charge is 0.259 e. The molecule has 0 atom stereocenters. The lowest BCUT2D eigenvalue weighted by atomic mass is 10.1. The summed E-state index contributed by atoms with van der Waals surface area (Å²) in [4.78, 5) is 30.9. The maximum absolute atomic E-state index is 14.5. The van der Waals surface area contributed by atoms with E-state index >= 15 is 0 Å². The van der Waals surface area contributed by atoms with Crippen molar-refractivity contribution in [1.82, 2.24) is 14.8 Å². The lowest BCUT2D eigenvalue weighted by molar-refractivity contribution is 0.101. The molecular formula is C27H28FN5O3. The number of hydrogen-bond acceptors (Lipinski definition) is 5. The molecule has 36 heavy (non-hydrogen) atoms. The lowest BCUT2D eigenvalue weighted by Gasteiger charge is -2.20. The number of aryl methyl sites for hydroxylation is 2. The van der Waals surface area contributed by atoms with Crippen LogP contribution in [0.15, 0.2) is 41.0 Å². The van der Waals surface area contributed by atoms with Crippen LogP contribution in [0.2, 0.25) is 0 Å². The number of benzene rings is 1. The highest BCUT2D eigenvalue weighted by atomic mass is 19.1. The molecule has 3 heterocycles. The molecule has 1 saturated carbocycles. The summed E-state index contributed by atoms with van der Waals surface area (Å²) in [5, 5.41) is 10.8. The summed E-state index contributed by atoms with van der Waals surface area (Å²) in [6, 6.07) is 7.41. The summed E-state index contributed by atoms with van der Waals surface area (Å²) < 4.78 is 21.5. The molecule has 1 fully saturated rings. The Morgan fingerprint density at radius 2 is 1.78 bits per heavy atom. The van der Waals surface area contributed by atoms with E-state index in [1.807, 2.05) is 38.4 Å². The topological polar surface area (TPSA) is 102 Å². The molecule has 0 saturated heterocycles. The maximum atomic E-state index is 14.5. The predicted octanol–water partition coefficient (Wildman–Crippen LogP) is 5.92. The van der Waals surface area contributed by atoms with E-state index in [0.717, 1.165) is 18.5 Å². The first-order chi connectivity index (χ1) is 17.0. The number of pyridine rings is 1. The zero-order valence-corrected chi connectivity index (χ0v) is 20.9. The number of nitrogens with one attached hydrogen (secondary N) is 2. The van der Waals surface area contributed by atoms with Crippen molar-refractivity contribution in [3.63, 3.8) is 0 Å². The molecule has 5 rings (SSSR count). The Hall–Kier alpha value is -4.01. The van der Waals surface area contributed by atoms with Crippen LogP contribution < -0.4 is 10.6 Å². The Balaban J connectivity index is 1.49. The number of rotatable bonds is 5. The number of halogens is 1. The van der Waals surface area contributed by atoms with Crippen LogP contribution in [0.3, 0.4) is 0 Å². The third kappa shape index (κ3) is 4.36. The monoisotopic (exact) mass is 489 g/mol. The zero-order valence-electron chi connectivity index (χ0n) is 20.9. The third-order valence-electron chi connectivity index (χ3n) is 6.28. The summed E-state index contributed by atoms with van der Waals surface area (Å²) >= 11 is 0. The van der Waals surface area contributed by atoms with Crippen LogP contribution in [0, 0.1) is 19.7 Å². The summed E-state index contributed by atoms with van der Waals surface area (Å²) in [6.45, 7) is 9.65. The number of fused-ring (bicyclic) bond motifs is 1.